The molecule has 6 nitrogen and oxygen atoms in total. The van der Waals surface area contributed by atoms with E-state index in [4.69, 9.17) is 10.00 Å². The summed E-state index contributed by atoms with van der Waals surface area (Å²) in [4.78, 5) is 23.0. The quantitative estimate of drug-likeness (QED) is 0.459. The van der Waals surface area contributed by atoms with Gasteiger partial charge >= 0.3 is 5.97 Å². The number of nitrogens with zero attached hydrogens (tertiary/aromatic N) is 1. The number of nitriles is 1. The van der Waals surface area contributed by atoms with E-state index in [1.54, 1.807) is 37.3 Å². The van der Waals surface area contributed by atoms with Crippen LogP contribution in [0.5, 0.6) is 0 Å². The first-order valence-corrected chi connectivity index (χ1v) is 7.04. The van der Waals surface area contributed by atoms with E-state index in [0.717, 1.165) is 6.42 Å². The Morgan fingerprint density at radius 1 is 1.32 bits per heavy atom. The number of hydrogen-bond donors (Lipinski definition) is 2. The van der Waals surface area contributed by atoms with E-state index < -0.39 is 5.97 Å². The van der Waals surface area contributed by atoms with Gasteiger partial charge in [-0.05, 0) is 31.5 Å². The molecule has 1 aromatic carbocycles. The lowest BCUT2D eigenvalue weighted by molar-refractivity contribution is -0.138. The van der Waals surface area contributed by atoms with Crippen molar-refractivity contribution in [1.29, 1.82) is 5.26 Å². The van der Waals surface area contributed by atoms with Crippen LogP contribution in [0.25, 0.3) is 0 Å². The second-order valence-electron chi connectivity index (χ2n) is 4.41. The minimum absolute atomic E-state index is 0.0561. The average Bonchev–Trinajstić information content (AvgIpc) is 2.48. The third-order valence-electron chi connectivity index (χ3n) is 2.62. The summed E-state index contributed by atoms with van der Waals surface area (Å²) in [5, 5.41) is 14.5. The molecule has 0 heterocycles. The number of benzene rings is 1. The highest BCUT2D eigenvalue weighted by Gasteiger charge is 2.09. The van der Waals surface area contributed by atoms with Gasteiger partial charge in [-0.15, -0.1) is 0 Å². The van der Waals surface area contributed by atoms with Crippen LogP contribution in [-0.2, 0) is 14.3 Å². The maximum atomic E-state index is 11.5. The van der Waals surface area contributed by atoms with Gasteiger partial charge in [-0.1, -0.05) is 13.0 Å². The van der Waals surface area contributed by atoms with E-state index in [1.807, 2.05) is 6.92 Å². The Labute approximate surface area is 129 Å². The largest absolute Gasteiger partial charge is 0.462 e. The molecule has 1 amide bonds. The predicted molar refractivity (Wildman–Crippen MR) is 83.9 cm³/mol. The summed E-state index contributed by atoms with van der Waals surface area (Å²) in [6.07, 6.45) is 2.52. The van der Waals surface area contributed by atoms with Gasteiger partial charge in [0.05, 0.1) is 6.61 Å². The van der Waals surface area contributed by atoms with Gasteiger partial charge in [-0.3, -0.25) is 4.79 Å². The molecule has 0 aliphatic rings. The molecule has 0 spiro atoms. The lowest BCUT2D eigenvalue weighted by Gasteiger charge is -2.07. The monoisotopic (exact) mass is 301 g/mol. The van der Waals surface area contributed by atoms with Crippen LogP contribution >= 0.6 is 0 Å². The standard InChI is InChI=1S/C16H19N3O3/c1-3-6-15(20)19-14-8-5-7-13(9-14)18-11-12(10-17)16(21)22-4-2/h5,7-9,11,18H,3-4,6H2,1-2H3,(H,19,20)/b12-11-. The van der Waals surface area contributed by atoms with Crippen molar-refractivity contribution in [3.8, 4) is 6.07 Å². The Hall–Kier alpha value is -2.81. The van der Waals surface area contributed by atoms with E-state index in [9.17, 15) is 9.59 Å². The summed E-state index contributed by atoms with van der Waals surface area (Å²) in [6, 6.07) is 8.76. The van der Waals surface area contributed by atoms with Crippen molar-refractivity contribution in [2.24, 2.45) is 0 Å². The van der Waals surface area contributed by atoms with Gasteiger partial charge in [0.1, 0.15) is 6.07 Å². The number of amides is 1. The molecule has 0 saturated heterocycles. The molecule has 0 bridgehead atoms. The van der Waals surface area contributed by atoms with Crippen LogP contribution in [0.15, 0.2) is 36.0 Å². The first-order valence-electron chi connectivity index (χ1n) is 7.04. The second-order valence-corrected chi connectivity index (χ2v) is 4.41. The van der Waals surface area contributed by atoms with Gasteiger partial charge in [0.2, 0.25) is 5.91 Å². The van der Waals surface area contributed by atoms with Crippen LogP contribution in [0.2, 0.25) is 0 Å². The highest BCUT2D eigenvalue weighted by molar-refractivity contribution is 5.93. The molecule has 116 valence electrons. The normalized spacial score (nSPS) is 10.5. The smallest absolute Gasteiger partial charge is 0.350 e. The molecular weight excluding hydrogens is 282 g/mol. The molecule has 1 rings (SSSR count). The van der Waals surface area contributed by atoms with Crippen LogP contribution in [0.1, 0.15) is 26.7 Å². The Morgan fingerprint density at radius 2 is 2.05 bits per heavy atom. The van der Waals surface area contributed by atoms with Crippen LogP contribution in [-0.4, -0.2) is 18.5 Å². The Kier molecular flexibility index (Phi) is 7.20. The number of rotatable bonds is 7. The van der Waals surface area contributed by atoms with Crippen molar-refractivity contribution in [1.82, 2.24) is 0 Å². The topological polar surface area (TPSA) is 91.2 Å². The summed E-state index contributed by atoms with van der Waals surface area (Å²) < 4.78 is 4.76. The molecule has 6 heteroatoms. The highest BCUT2D eigenvalue weighted by atomic mass is 16.5. The summed E-state index contributed by atoms with van der Waals surface area (Å²) >= 11 is 0. The van der Waals surface area contributed by atoms with Crippen LogP contribution < -0.4 is 10.6 Å². The van der Waals surface area contributed by atoms with E-state index in [1.165, 1.54) is 6.20 Å². The first-order chi connectivity index (χ1) is 10.6. The van der Waals surface area contributed by atoms with E-state index >= 15 is 0 Å². The predicted octanol–water partition coefficient (Wildman–Crippen LogP) is 2.81. The van der Waals surface area contributed by atoms with Crippen molar-refractivity contribution in [2.45, 2.75) is 26.7 Å². The summed E-state index contributed by atoms with van der Waals surface area (Å²) in [5.41, 5.74) is 1.17. The van der Waals surface area contributed by atoms with E-state index in [0.29, 0.717) is 17.8 Å². The van der Waals surface area contributed by atoms with Gasteiger partial charge in [-0.25, -0.2) is 4.79 Å². The molecule has 0 fully saturated rings. The molecule has 22 heavy (non-hydrogen) atoms. The fraction of sp³-hybridized carbons (Fsp3) is 0.312. The Balaban J connectivity index is 2.76. The van der Waals surface area contributed by atoms with Gasteiger partial charge in [0, 0.05) is 24.0 Å². The lowest BCUT2D eigenvalue weighted by Crippen LogP contribution is -2.10. The third kappa shape index (κ3) is 5.67. The highest BCUT2D eigenvalue weighted by Crippen LogP contribution is 2.16. The zero-order valence-electron chi connectivity index (χ0n) is 12.7. The zero-order valence-corrected chi connectivity index (χ0v) is 12.7. The number of nitrogens with one attached hydrogen (secondary N) is 2. The summed E-state index contributed by atoms with van der Waals surface area (Å²) in [6.45, 7) is 3.81. The fourth-order valence-corrected chi connectivity index (χ4v) is 1.64. The molecule has 2 N–H and O–H groups in total. The number of esters is 1. The van der Waals surface area contributed by atoms with Gasteiger partial charge < -0.3 is 15.4 Å². The van der Waals surface area contributed by atoms with Gasteiger partial charge in [0.25, 0.3) is 0 Å². The summed E-state index contributed by atoms with van der Waals surface area (Å²) in [5.74, 6) is -0.732. The van der Waals surface area contributed by atoms with Crippen LogP contribution in [0, 0.1) is 11.3 Å². The number of carbonyl (C=O) groups excluding carboxylic acids is 2. The molecule has 0 unspecified atom stereocenters. The molecule has 0 aromatic heterocycles. The number of ether oxygens (including phenoxy) is 1. The number of hydrogen-bond acceptors (Lipinski definition) is 5. The maximum absolute atomic E-state index is 11.5. The van der Waals surface area contributed by atoms with Crippen molar-refractivity contribution in [2.75, 3.05) is 17.2 Å². The van der Waals surface area contributed by atoms with Gasteiger partial charge in [-0.2, -0.15) is 5.26 Å². The Bertz CT molecular complexity index is 603. The molecule has 0 aliphatic carbocycles. The lowest BCUT2D eigenvalue weighted by atomic mass is 10.2. The second kappa shape index (κ2) is 9.19. The van der Waals surface area contributed by atoms with E-state index in [2.05, 4.69) is 10.6 Å². The number of carbonyl (C=O) groups is 2. The van der Waals surface area contributed by atoms with Crippen LogP contribution in [0.4, 0.5) is 11.4 Å². The van der Waals surface area contributed by atoms with Crippen molar-refractivity contribution in [3.05, 3.63) is 36.0 Å². The summed E-state index contributed by atoms with van der Waals surface area (Å²) in [7, 11) is 0. The van der Waals surface area contributed by atoms with Crippen LogP contribution in [0.3, 0.4) is 0 Å². The third-order valence-corrected chi connectivity index (χ3v) is 2.62. The van der Waals surface area contributed by atoms with Crippen molar-refractivity contribution in [3.63, 3.8) is 0 Å². The molecular formula is C16H19N3O3. The zero-order chi connectivity index (χ0) is 16.4. The molecule has 0 saturated carbocycles. The average molecular weight is 301 g/mol. The SMILES string of the molecule is CCCC(=O)Nc1cccc(N/C=C(/C#N)C(=O)OCC)c1. The number of anilines is 2. The minimum atomic E-state index is -0.676. The molecule has 0 radical (unpaired) electrons. The maximum Gasteiger partial charge on any atom is 0.350 e. The molecule has 0 atom stereocenters. The van der Waals surface area contributed by atoms with Crippen molar-refractivity contribution < 1.29 is 14.3 Å². The first kappa shape index (κ1) is 17.2. The molecule has 0 aliphatic heterocycles. The van der Waals surface area contributed by atoms with Crippen molar-refractivity contribution >= 4 is 23.3 Å². The van der Waals surface area contributed by atoms with Gasteiger partial charge in [0.15, 0.2) is 5.57 Å². The minimum Gasteiger partial charge on any atom is -0.462 e. The van der Waals surface area contributed by atoms with E-state index in [-0.39, 0.29) is 18.1 Å². The fourth-order valence-electron chi connectivity index (χ4n) is 1.64. The molecule has 1 aromatic rings. The Morgan fingerprint density at radius 3 is 2.68 bits per heavy atom.